The lowest BCUT2D eigenvalue weighted by molar-refractivity contribution is 0.641. The van der Waals surface area contributed by atoms with Crippen LogP contribution in [0.1, 0.15) is 32.3 Å². The minimum Gasteiger partial charge on any atom is -0.327 e. The van der Waals surface area contributed by atoms with E-state index in [1.165, 1.54) is 16.9 Å². The Hall–Kier alpha value is -0.180. The van der Waals surface area contributed by atoms with Gasteiger partial charge in [0, 0.05) is 16.0 Å². The topological polar surface area (TPSA) is 26.0 Å². The first-order valence-electron chi connectivity index (χ1n) is 5.84. The highest BCUT2D eigenvalue weighted by atomic mass is 35.5. The molecule has 0 aliphatic rings. The van der Waals surface area contributed by atoms with E-state index in [9.17, 15) is 0 Å². The lowest BCUT2D eigenvalue weighted by Crippen LogP contribution is -2.21. The Morgan fingerprint density at radius 3 is 2.75 bits per heavy atom. The van der Waals surface area contributed by atoms with Crippen LogP contribution >= 0.6 is 23.4 Å². The molecular weight excluding hydrogens is 238 g/mol. The van der Waals surface area contributed by atoms with E-state index in [0.29, 0.717) is 0 Å². The number of halogens is 1. The fourth-order valence-corrected chi connectivity index (χ4v) is 2.76. The first-order valence-corrected chi connectivity index (χ1v) is 7.21. The third kappa shape index (κ3) is 4.00. The number of benzene rings is 1. The van der Waals surface area contributed by atoms with E-state index >= 15 is 0 Å². The molecule has 1 atom stereocenters. The molecule has 2 N–H and O–H groups in total. The zero-order valence-electron chi connectivity index (χ0n) is 10.0. The van der Waals surface area contributed by atoms with Gasteiger partial charge in [-0.05, 0) is 42.7 Å². The SMILES string of the molecule is CCCSc1cccc(Cl)c1CC(N)CC. The molecule has 0 aliphatic heterocycles. The van der Waals surface area contributed by atoms with Gasteiger partial charge in [-0.2, -0.15) is 0 Å². The maximum Gasteiger partial charge on any atom is 0.0449 e. The number of nitrogens with two attached hydrogens (primary N) is 1. The fourth-order valence-electron chi connectivity index (χ4n) is 1.49. The van der Waals surface area contributed by atoms with Gasteiger partial charge < -0.3 is 5.73 Å². The van der Waals surface area contributed by atoms with E-state index in [-0.39, 0.29) is 6.04 Å². The molecule has 0 saturated carbocycles. The third-order valence-corrected chi connectivity index (χ3v) is 4.19. The Labute approximate surface area is 108 Å². The van der Waals surface area contributed by atoms with Gasteiger partial charge in [-0.1, -0.05) is 31.5 Å². The number of hydrogen-bond acceptors (Lipinski definition) is 2. The first kappa shape index (κ1) is 13.9. The van der Waals surface area contributed by atoms with Crippen LogP contribution in [-0.2, 0) is 6.42 Å². The van der Waals surface area contributed by atoms with Gasteiger partial charge >= 0.3 is 0 Å². The minimum absolute atomic E-state index is 0.209. The zero-order chi connectivity index (χ0) is 12.0. The molecule has 0 spiro atoms. The summed E-state index contributed by atoms with van der Waals surface area (Å²) in [5, 5.41) is 0.852. The van der Waals surface area contributed by atoms with Crippen LogP contribution < -0.4 is 5.73 Å². The number of hydrogen-bond donors (Lipinski definition) is 1. The Balaban J connectivity index is 2.85. The molecule has 0 bridgehead atoms. The van der Waals surface area contributed by atoms with Crippen molar-refractivity contribution in [2.45, 2.75) is 44.0 Å². The second kappa shape index (κ2) is 7.21. The van der Waals surface area contributed by atoms with Gasteiger partial charge in [0.1, 0.15) is 0 Å². The molecule has 0 heterocycles. The molecule has 0 radical (unpaired) electrons. The first-order chi connectivity index (χ1) is 7.69. The van der Waals surface area contributed by atoms with E-state index in [1.807, 2.05) is 23.9 Å². The third-order valence-electron chi connectivity index (χ3n) is 2.53. The van der Waals surface area contributed by atoms with Crippen molar-refractivity contribution in [3.05, 3.63) is 28.8 Å². The number of rotatable bonds is 6. The van der Waals surface area contributed by atoms with Gasteiger partial charge in [-0.15, -0.1) is 11.8 Å². The maximum atomic E-state index is 6.24. The van der Waals surface area contributed by atoms with Gasteiger partial charge in [-0.3, -0.25) is 0 Å². The average molecular weight is 258 g/mol. The van der Waals surface area contributed by atoms with Crippen molar-refractivity contribution in [2.75, 3.05) is 5.75 Å². The molecule has 0 fully saturated rings. The second-order valence-electron chi connectivity index (χ2n) is 3.94. The van der Waals surface area contributed by atoms with Crippen molar-refractivity contribution in [1.82, 2.24) is 0 Å². The van der Waals surface area contributed by atoms with Crippen LogP contribution in [0, 0.1) is 0 Å². The molecule has 1 unspecified atom stereocenters. The van der Waals surface area contributed by atoms with E-state index in [1.54, 1.807) is 0 Å². The van der Waals surface area contributed by atoms with Crippen molar-refractivity contribution in [3.63, 3.8) is 0 Å². The Morgan fingerprint density at radius 1 is 1.38 bits per heavy atom. The molecule has 0 saturated heterocycles. The Morgan fingerprint density at radius 2 is 2.12 bits per heavy atom. The van der Waals surface area contributed by atoms with Crippen molar-refractivity contribution < 1.29 is 0 Å². The monoisotopic (exact) mass is 257 g/mol. The molecule has 0 aromatic heterocycles. The van der Waals surface area contributed by atoms with E-state index < -0.39 is 0 Å². The summed E-state index contributed by atoms with van der Waals surface area (Å²) < 4.78 is 0. The van der Waals surface area contributed by atoms with Crippen molar-refractivity contribution in [3.8, 4) is 0 Å². The summed E-state index contributed by atoms with van der Waals surface area (Å²) in [5.74, 6) is 1.13. The van der Waals surface area contributed by atoms with E-state index in [4.69, 9.17) is 17.3 Å². The largest absolute Gasteiger partial charge is 0.327 e. The molecule has 1 aromatic rings. The molecule has 0 amide bonds. The van der Waals surface area contributed by atoms with Crippen molar-refractivity contribution in [1.29, 1.82) is 0 Å². The summed E-state index contributed by atoms with van der Waals surface area (Å²) >= 11 is 8.11. The summed E-state index contributed by atoms with van der Waals surface area (Å²) in [7, 11) is 0. The standard InChI is InChI=1S/C13H20ClNS/c1-3-8-16-13-7-5-6-12(14)11(13)9-10(15)4-2/h5-7,10H,3-4,8-9,15H2,1-2H3. The molecule has 0 aliphatic carbocycles. The van der Waals surface area contributed by atoms with E-state index in [2.05, 4.69) is 19.9 Å². The normalized spacial score (nSPS) is 12.8. The molecule has 90 valence electrons. The van der Waals surface area contributed by atoms with Crippen molar-refractivity contribution >= 4 is 23.4 Å². The highest BCUT2D eigenvalue weighted by Crippen LogP contribution is 2.30. The van der Waals surface area contributed by atoms with E-state index in [0.717, 1.165) is 23.6 Å². The minimum atomic E-state index is 0.209. The summed E-state index contributed by atoms with van der Waals surface area (Å²) in [5.41, 5.74) is 7.22. The van der Waals surface area contributed by atoms with Crippen LogP contribution in [0.3, 0.4) is 0 Å². The van der Waals surface area contributed by atoms with Gasteiger partial charge in [0.25, 0.3) is 0 Å². The summed E-state index contributed by atoms with van der Waals surface area (Å²) in [6.45, 7) is 4.30. The molecule has 3 heteroatoms. The smallest absolute Gasteiger partial charge is 0.0449 e. The molecular formula is C13H20ClNS. The van der Waals surface area contributed by atoms with Gasteiger partial charge in [0.15, 0.2) is 0 Å². The predicted octanol–water partition coefficient (Wildman–Crippen LogP) is 4.12. The van der Waals surface area contributed by atoms with Crippen LogP contribution in [0.2, 0.25) is 5.02 Å². The second-order valence-corrected chi connectivity index (χ2v) is 5.48. The highest BCUT2D eigenvalue weighted by molar-refractivity contribution is 7.99. The zero-order valence-corrected chi connectivity index (χ0v) is 11.6. The molecule has 1 nitrogen and oxygen atoms in total. The maximum absolute atomic E-state index is 6.24. The Kier molecular flexibility index (Phi) is 6.25. The van der Waals surface area contributed by atoms with Gasteiger partial charge in [0.2, 0.25) is 0 Å². The van der Waals surface area contributed by atoms with Crippen LogP contribution in [0.4, 0.5) is 0 Å². The molecule has 16 heavy (non-hydrogen) atoms. The van der Waals surface area contributed by atoms with Crippen LogP contribution in [0.5, 0.6) is 0 Å². The quantitative estimate of drug-likeness (QED) is 0.776. The van der Waals surface area contributed by atoms with Gasteiger partial charge in [0.05, 0.1) is 0 Å². The Bertz CT molecular complexity index is 328. The lowest BCUT2D eigenvalue weighted by Gasteiger charge is -2.14. The lowest BCUT2D eigenvalue weighted by atomic mass is 10.0. The molecule has 1 aromatic carbocycles. The van der Waals surface area contributed by atoms with Crippen molar-refractivity contribution in [2.24, 2.45) is 5.73 Å². The van der Waals surface area contributed by atoms with Crippen LogP contribution in [-0.4, -0.2) is 11.8 Å². The summed E-state index contributed by atoms with van der Waals surface area (Å²) in [6.07, 6.45) is 3.04. The average Bonchev–Trinajstić information content (AvgIpc) is 2.29. The highest BCUT2D eigenvalue weighted by Gasteiger charge is 2.10. The predicted molar refractivity (Wildman–Crippen MR) is 74.4 cm³/mol. The van der Waals surface area contributed by atoms with Crippen LogP contribution in [0.15, 0.2) is 23.1 Å². The number of thioether (sulfide) groups is 1. The van der Waals surface area contributed by atoms with Gasteiger partial charge in [-0.25, -0.2) is 0 Å². The molecule has 1 rings (SSSR count). The fraction of sp³-hybridized carbons (Fsp3) is 0.538. The summed E-state index contributed by atoms with van der Waals surface area (Å²) in [4.78, 5) is 1.29. The van der Waals surface area contributed by atoms with Crippen LogP contribution in [0.25, 0.3) is 0 Å². The summed E-state index contributed by atoms with van der Waals surface area (Å²) in [6, 6.07) is 6.32.